The second kappa shape index (κ2) is 7.76. The zero-order valence-electron chi connectivity index (χ0n) is 16.4. The van der Waals surface area contributed by atoms with E-state index in [0.717, 1.165) is 5.56 Å². The fourth-order valence-electron chi connectivity index (χ4n) is 2.96. The summed E-state index contributed by atoms with van der Waals surface area (Å²) in [6.45, 7) is 10.1. The lowest BCUT2D eigenvalue weighted by atomic mass is 9.93. The van der Waals surface area contributed by atoms with E-state index in [1.165, 1.54) is 0 Å². The van der Waals surface area contributed by atoms with E-state index in [4.69, 9.17) is 4.74 Å². The highest BCUT2D eigenvalue weighted by Gasteiger charge is 2.37. The summed E-state index contributed by atoms with van der Waals surface area (Å²) < 4.78 is 5.85. The lowest BCUT2D eigenvalue weighted by Crippen LogP contribution is -2.42. The van der Waals surface area contributed by atoms with Crippen LogP contribution in [0.3, 0.4) is 0 Å². The average Bonchev–Trinajstić information content (AvgIpc) is 2.74. The molecule has 2 N–H and O–H groups in total. The van der Waals surface area contributed by atoms with Crippen molar-refractivity contribution in [3.8, 4) is 5.75 Å². The van der Waals surface area contributed by atoms with E-state index in [1.54, 1.807) is 29.2 Å². The molecule has 0 fully saturated rings. The molecular formula is C22H25N3O3. The maximum Gasteiger partial charge on any atom is 0.323 e. The number of aryl methyl sites for hydroxylation is 1. The topological polar surface area (TPSA) is 70.7 Å². The van der Waals surface area contributed by atoms with E-state index >= 15 is 0 Å². The molecule has 2 aromatic rings. The van der Waals surface area contributed by atoms with E-state index in [-0.39, 0.29) is 18.5 Å². The number of fused-ring (bicyclic) bond motifs is 1. The lowest BCUT2D eigenvalue weighted by molar-refractivity contribution is -0.127. The van der Waals surface area contributed by atoms with Crippen molar-refractivity contribution in [3.05, 3.63) is 60.7 Å². The number of nitrogens with zero attached hydrogens (tertiary/aromatic N) is 1. The zero-order valence-corrected chi connectivity index (χ0v) is 16.4. The molecule has 6 nitrogen and oxygen atoms in total. The van der Waals surface area contributed by atoms with Gasteiger partial charge in [0.25, 0.3) is 0 Å². The van der Waals surface area contributed by atoms with Crippen LogP contribution in [-0.2, 0) is 4.79 Å². The first-order valence-corrected chi connectivity index (χ1v) is 9.14. The fraction of sp³-hybridized carbons (Fsp3) is 0.273. The molecule has 1 aliphatic rings. The minimum Gasteiger partial charge on any atom is -0.490 e. The Morgan fingerprint density at radius 2 is 1.82 bits per heavy atom. The van der Waals surface area contributed by atoms with Gasteiger partial charge in [-0.25, -0.2) is 4.79 Å². The third kappa shape index (κ3) is 4.17. The third-order valence-electron chi connectivity index (χ3n) is 4.54. The van der Waals surface area contributed by atoms with Crippen molar-refractivity contribution >= 4 is 29.0 Å². The highest BCUT2D eigenvalue weighted by atomic mass is 16.5. The Morgan fingerprint density at radius 1 is 1.18 bits per heavy atom. The van der Waals surface area contributed by atoms with Gasteiger partial charge in [0.15, 0.2) is 0 Å². The molecule has 3 amide bonds. The van der Waals surface area contributed by atoms with Crippen molar-refractivity contribution in [2.45, 2.75) is 20.8 Å². The monoisotopic (exact) mass is 379 g/mol. The minimum atomic E-state index is -0.654. The van der Waals surface area contributed by atoms with E-state index in [1.807, 2.05) is 45.0 Å². The molecule has 0 saturated heterocycles. The summed E-state index contributed by atoms with van der Waals surface area (Å²) in [6, 6.07) is 12.4. The van der Waals surface area contributed by atoms with Crippen molar-refractivity contribution in [2.24, 2.45) is 5.41 Å². The molecule has 0 radical (unpaired) electrons. The van der Waals surface area contributed by atoms with Crippen LogP contribution in [0.2, 0.25) is 0 Å². The Morgan fingerprint density at radius 3 is 2.50 bits per heavy atom. The van der Waals surface area contributed by atoms with Crippen molar-refractivity contribution in [1.82, 2.24) is 0 Å². The van der Waals surface area contributed by atoms with Gasteiger partial charge >= 0.3 is 6.03 Å². The number of urea groups is 1. The second-order valence-corrected chi connectivity index (χ2v) is 7.50. The second-order valence-electron chi connectivity index (χ2n) is 7.50. The molecule has 2 aromatic carbocycles. The first-order valence-electron chi connectivity index (χ1n) is 9.14. The Balaban J connectivity index is 1.82. The van der Waals surface area contributed by atoms with Crippen LogP contribution in [-0.4, -0.2) is 25.1 Å². The molecule has 0 spiro atoms. The van der Waals surface area contributed by atoms with Gasteiger partial charge in [0, 0.05) is 17.9 Å². The summed E-state index contributed by atoms with van der Waals surface area (Å²) in [4.78, 5) is 26.9. The number of ether oxygens (including phenoxy) is 1. The summed E-state index contributed by atoms with van der Waals surface area (Å²) >= 11 is 0. The van der Waals surface area contributed by atoms with E-state index in [9.17, 15) is 9.59 Å². The number of rotatable bonds is 4. The number of nitrogens with one attached hydrogen (secondary N) is 2. The van der Waals surface area contributed by atoms with Crippen LogP contribution < -0.4 is 20.3 Å². The smallest absolute Gasteiger partial charge is 0.323 e. The predicted molar refractivity (Wildman–Crippen MR) is 112 cm³/mol. The van der Waals surface area contributed by atoms with E-state index < -0.39 is 5.41 Å². The van der Waals surface area contributed by atoms with Crippen LogP contribution in [0.4, 0.5) is 21.9 Å². The molecule has 0 bridgehead atoms. The van der Waals surface area contributed by atoms with Gasteiger partial charge < -0.3 is 20.3 Å². The van der Waals surface area contributed by atoms with Crippen LogP contribution in [0.5, 0.6) is 5.75 Å². The molecule has 146 valence electrons. The van der Waals surface area contributed by atoms with Crippen molar-refractivity contribution in [3.63, 3.8) is 0 Å². The lowest BCUT2D eigenvalue weighted by Gasteiger charge is -2.27. The molecule has 0 aliphatic carbocycles. The van der Waals surface area contributed by atoms with Gasteiger partial charge in [-0.05, 0) is 51.1 Å². The number of hydrogen-bond donors (Lipinski definition) is 2. The predicted octanol–water partition coefficient (Wildman–Crippen LogP) is 4.58. The summed E-state index contributed by atoms with van der Waals surface area (Å²) in [5.74, 6) is 0.553. The van der Waals surface area contributed by atoms with Crippen molar-refractivity contribution in [2.75, 3.05) is 28.7 Å². The Bertz CT molecular complexity index is 904. The van der Waals surface area contributed by atoms with Crippen LogP contribution in [0.15, 0.2) is 55.1 Å². The number of carbonyl (C=O) groups excluding carboxylic acids is 2. The Labute approximate surface area is 165 Å². The van der Waals surface area contributed by atoms with Crippen LogP contribution in [0, 0.1) is 12.3 Å². The van der Waals surface area contributed by atoms with Gasteiger partial charge in [-0.2, -0.15) is 0 Å². The SMILES string of the molecule is C=CCN1C(=O)C(C)(C)COc2ccc(NC(=O)Nc3ccc(C)cc3)cc21. The van der Waals surface area contributed by atoms with Crippen LogP contribution in [0.25, 0.3) is 0 Å². The van der Waals surface area contributed by atoms with Gasteiger partial charge in [-0.15, -0.1) is 6.58 Å². The normalized spacial score (nSPS) is 15.1. The summed E-state index contributed by atoms with van der Waals surface area (Å²) in [5, 5.41) is 5.59. The molecule has 0 saturated carbocycles. The third-order valence-corrected chi connectivity index (χ3v) is 4.54. The molecule has 0 unspecified atom stereocenters. The summed E-state index contributed by atoms with van der Waals surface area (Å²) in [7, 11) is 0. The summed E-state index contributed by atoms with van der Waals surface area (Å²) in [5.41, 5.74) is 2.34. The maximum atomic E-state index is 12.9. The van der Waals surface area contributed by atoms with E-state index in [0.29, 0.717) is 29.4 Å². The van der Waals surface area contributed by atoms with Gasteiger partial charge in [0.05, 0.1) is 11.1 Å². The molecule has 0 atom stereocenters. The standard InChI is InChI=1S/C22H25N3O3/c1-5-12-25-18-13-17(10-11-19(18)28-14-22(3,4)20(25)26)24-21(27)23-16-8-6-15(2)7-9-16/h5-11,13H,1,12,14H2,2-4H3,(H2,23,24,27). The highest BCUT2D eigenvalue weighted by molar-refractivity contribution is 6.02. The van der Waals surface area contributed by atoms with Crippen molar-refractivity contribution < 1.29 is 14.3 Å². The number of hydrogen-bond acceptors (Lipinski definition) is 3. The quantitative estimate of drug-likeness (QED) is 0.764. The zero-order chi connectivity index (χ0) is 20.3. The first kappa shape index (κ1) is 19.5. The molecule has 28 heavy (non-hydrogen) atoms. The molecule has 3 rings (SSSR count). The molecular weight excluding hydrogens is 354 g/mol. The highest BCUT2D eigenvalue weighted by Crippen LogP contribution is 2.38. The minimum absolute atomic E-state index is 0.0487. The molecule has 1 heterocycles. The van der Waals surface area contributed by atoms with E-state index in [2.05, 4.69) is 17.2 Å². The van der Waals surface area contributed by atoms with Gasteiger partial charge in [0.1, 0.15) is 12.4 Å². The van der Waals surface area contributed by atoms with Gasteiger partial charge in [-0.1, -0.05) is 23.8 Å². The van der Waals surface area contributed by atoms with Crippen LogP contribution in [0.1, 0.15) is 19.4 Å². The molecule has 6 heteroatoms. The van der Waals surface area contributed by atoms with Crippen molar-refractivity contribution in [1.29, 1.82) is 0 Å². The van der Waals surface area contributed by atoms with Gasteiger partial charge in [0.2, 0.25) is 5.91 Å². The summed E-state index contributed by atoms with van der Waals surface area (Å²) in [6.07, 6.45) is 1.67. The van der Waals surface area contributed by atoms with Crippen LogP contribution >= 0.6 is 0 Å². The first-order chi connectivity index (χ1) is 13.3. The molecule has 1 aliphatic heterocycles. The average molecular weight is 379 g/mol. The molecule has 0 aromatic heterocycles. The number of benzene rings is 2. The largest absolute Gasteiger partial charge is 0.490 e. The van der Waals surface area contributed by atoms with Gasteiger partial charge in [-0.3, -0.25) is 4.79 Å². The number of carbonyl (C=O) groups is 2. The number of amides is 3. The Kier molecular flexibility index (Phi) is 5.40. The maximum absolute atomic E-state index is 12.9. The Hall–Kier alpha value is -3.28. The fourth-order valence-corrected chi connectivity index (χ4v) is 2.96. The number of anilines is 3.